The van der Waals surface area contributed by atoms with E-state index in [1.54, 1.807) is 19.9 Å². The zero-order valence-corrected chi connectivity index (χ0v) is 8.34. The number of nitrogens with one attached hydrogen (secondary N) is 4. The van der Waals surface area contributed by atoms with Crippen LogP contribution in [0.3, 0.4) is 0 Å². The van der Waals surface area contributed by atoms with Crippen molar-refractivity contribution in [3.8, 4) is 0 Å². The molecular formula is C6H4N6O6. The molecule has 4 N–H and O–H groups in total. The third-order valence-corrected chi connectivity index (χ3v) is 1.85. The number of rotatable bonds is 1. The molecule has 0 fully saturated rings. The molecule has 0 atom stereocenters. The van der Waals surface area contributed by atoms with Crippen molar-refractivity contribution in [2.45, 2.75) is 0 Å². The number of hydrogen-bond donors (Lipinski definition) is 4. The third kappa shape index (κ3) is 1.66. The zero-order valence-electron chi connectivity index (χ0n) is 8.34. The molecule has 0 bridgehead atoms. The highest BCUT2D eigenvalue weighted by molar-refractivity contribution is 4.76. The molecule has 0 unspecified atom stereocenters. The molecule has 0 saturated heterocycles. The van der Waals surface area contributed by atoms with Gasteiger partial charge in [-0.05, 0) is 0 Å². The summed E-state index contributed by atoms with van der Waals surface area (Å²) in [6, 6.07) is 0. The lowest BCUT2D eigenvalue weighted by Gasteiger charge is -2.02. The third-order valence-electron chi connectivity index (χ3n) is 1.85. The van der Waals surface area contributed by atoms with Gasteiger partial charge in [0.2, 0.25) is 0 Å². The zero-order chi connectivity index (χ0) is 13.4. The Bertz CT molecular complexity index is 798. The second kappa shape index (κ2) is 3.69. The van der Waals surface area contributed by atoms with Gasteiger partial charge in [-0.3, -0.25) is 19.9 Å². The lowest BCUT2D eigenvalue weighted by atomic mass is 10.9. The highest BCUT2D eigenvalue weighted by Crippen LogP contribution is 1.58. The minimum Gasteiger partial charge on any atom is -0.257 e. The molecule has 0 radical (unpaired) electrons. The fraction of sp³-hybridized carbons (Fsp3) is 0. The van der Waals surface area contributed by atoms with E-state index in [4.69, 9.17) is 0 Å². The summed E-state index contributed by atoms with van der Waals surface area (Å²) in [5.74, 6) is 0. The minimum absolute atomic E-state index is 0.0263. The summed E-state index contributed by atoms with van der Waals surface area (Å²) in [6.07, 6.45) is 0. The second-order valence-corrected chi connectivity index (χ2v) is 3.00. The molecule has 2 aromatic rings. The van der Waals surface area contributed by atoms with Crippen molar-refractivity contribution in [3.05, 3.63) is 62.9 Å². The smallest absolute Gasteiger partial charge is 0.257 e. The molecule has 0 aromatic carbocycles. The van der Waals surface area contributed by atoms with Crippen molar-refractivity contribution >= 4 is 0 Å². The topological polar surface area (TPSA) is 175 Å². The molecule has 2 heterocycles. The van der Waals surface area contributed by atoms with E-state index in [1.807, 2.05) is 0 Å². The predicted molar refractivity (Wildman–Crippen MR) is 54.7 cm³/mol. The van der Waals surface area contributed by atoms with Crippen LogP contribution in [-0.4, -0.2) is 29.3 Å². The average Bonchev–Trinajstić information content (AvgIpc) is 2.20. The summed E-state index contributed by atoms with van der Waals surface area (Å²) in [6.45, 7) is 0. The maximum Gasteiger partial charge on any atom is 0.353 e. The fourth-order valence-electron chi connectivity index (χ4n) is 1.21. The van der Waals surface area contributed by atoms with Gasteiger partial charge in [0.25, 0.3) is 0 Å². The Morgan fingerprint density at radius 3 is 0.944 bits per heavy atom. The molecule has 0 aliphatic heterocycles. The van der Waals surface area contributed by atoms with E-state index in [0.29, 0.717) is 0 Å². The van der Waals surface area contributed by atoms with Crippen molar-refractivity contribution in [2.24, 2.45) is 0 Å². The fourth-order valence-corrected chi connectivity index (χ4v) is 1.21. The van der Waals surface area contributed by atoms with Gasteiger partial charge in [-0.25, -0.2) is 28.8 Å². The number of nitrogens with zero attached hydrogens (tertiary/aromatic N) is 2. The first-order chi connectivity index (χ1) is 8.40. The number of hydrogen-bond acceptors (Lipinski definition) is 6. The van der Waals surface area contributed by atoms with Crippen LogP contribution >= 0.6 is 0 Å². The van der Waals surface area contributed by atoms with Gasteiger partial charge in [-0.2, -0.15) is 0 Å². The maximum atomic E-state index is 11.3. The predicted octanol–water partition coefficient (Wildman–Crippen LogP) is -4.93. The first-order valence-electron chi connectivity index (χ1n) is 4.32. The van der Waals surface area contributed by atoms with Gasteiger partial charge in [0, 0.05) is 0 Å². The summed E-state index contributed by atoms with van der Waals surface area (Å²) in [7, 11) is 0. The molecule has 0 saturated carbocycles. The summed E-state index contributed by atoms with van der Waals surface area (Å²) in [4.78, 5) is 73.4. The van der Waals surface area contributed by atoms with Crippen molar-refractivity contribution in [3.63, 3.8) is 0 Å². The Balaban J connectivity index is 3.06. The van der Waals surface area contributed by atoms with Crippen LogP contribution in [-0.2, 0) is 0 Å². The number of aromatic amines is 4. The largest absolute Gasteiger partial charge is 0.353 e. The first-order valence-corrected chi connectivity index (χ1v) is 4.32. The summed E-state index contributed by atoms with van der Waals surface area (Å²) < 4.78 is 0.0526. The SMILES string of the molecule is O=c1[nH]c(=O)n(-n2c(=O)[nH]c(=O)[nH]c2=O)c(=O)[nH]1. The van der Waals surface area contributed by atoms with E-state index in [2.05, 4.69) is 0 Å². The summed E-state index contributed by atoms with van der Waals surface area (Å²) >= 11 is 0. The van der Waals surface area contributed by atoms with Gasteiger partial charge in [-0.15, -0.1) is 9.35 Å². The maximum absolute atomic E-state index is 11.3. The molecule has 12 heteroatoms. The van der Waals surface area contributed by atoms with Gasteiger partial charge in [-0.1, -0.05) is 0 Å². The molecular weight excluding hydrogens is 252 g/mol. The second-order valence-electron chi connectivity index (χ2n) is 3.00. The Morgan fingerprint density at radius 2 is 0.722 bits per heavy atom. The van der Waals surface area contributed by atoms with Gasteiger partial charge < -0.3 is 0 Å². The van der Waals surface area contributed by atoms with Gasteiger partial charge >= 0.3 is 34.1 Å². The molecule has 12 nitrogen and oxygen atoms in total. The van der Waals surface area contributed by atoms with Crippen LogP contribution < -0.4 is 34.1 Å². The van der Waals surface area contributed by atoms with Crippen LogP contribution in [0.15, 0.2) is 28.8 Å². The van der Waals surface area contributed by atoms with E-state index in [9.17, 15) is 28.8 Å². The lowest BCUT2D eigenvalue weighted by Crippen LogP contribution is -2.56. The Kier molecular flexibility index (Phi) is 2.32. The van der Waals surface area contributed by atoms with Gasteiger partial charge in [0.05, 0.1) is 0 Å². The molecule has 0 aliphatic rings. The molecule has 18 heavy (non-hydrogen) atoms. The van der Waals surface area contributed by atoms with E-state index < -0.39 is 34.1 Å². The Morgan fingerprint density at radius 1 is 0.500 bits per heavy atom. The number of aromatic nitrogens is 6. The van der Waals surface area contributed by atoms with Crippen LogP contribution in [0.2, 0.25) is 0 Å². The molecule has 94 valence electrons. The van der Waals surface area contributed by atoms with E-state index >= 15 is 0 Å². The standard InChI is InChI=1S/C6H4N6O6/c13-1-7-3(15)11(4(16)8-1)12-5(17)9-2(14)10-6(12)18/h(H2,7,8,13,15,16)(H2,9,10,14,17,18). The quantitative estimate of drug-likeness (QED) is 0.397. The minimum atomic E-state index is -1.32. The van der Waals surface area contributed by atoms with Crippen molar-refractivity contribution in [1.29, 1.82) is 0 Å². The van der Waals surface area contributed by atoms with Gasteiger partial charge in [0.1, 0.15) is 0 Å². The van der Waals surface area contributed by atoms with Gasteiger partial charge in [0.15, 0.2) is 0 Å². The summed E-state index contributed by atoms with van der Waals surface area (Å²) in [5, 5.41) is 0. The highest BCUT2D eigenvalue weighted by Gasteiger charge is 2.11. The van der Waals surface area contributed by atoms with Crippen LogP contribution in [0, 0.1) is 0 Å². The van der Waals surface area contributed by atoms with Crippen molar-refractivity contribution in [1.82, 2.24) is 29.3 Å². The summed E-state index contributed by atoms with van der Waals surface area (Å²) in [5.41, 5.74) is -7.47. The van der Waals surface area contributed by atoms with Crippen molar-refractivity contribution in [2.75, 3.05) is 0 Å². The van der Waals surface area contributed by atoms with Crippen LogP contribution in [0.1, 0.15) is 0 Å². The molecule has 0 aliphatic carbocycles. The van der Waals surface area contributed by atoms with Crippen LogP contribution in [0.5, 0.6) is 0 Å². The van der Waals surface area contributed by atoms with Crippen LogP contribution in [0.4, 0.5) is 0 Å². The monoisotopic (exact) mass is 256 g/mol. The van der Waals surface area contributed by atoms with Crippen molar-refractivity contribution < 1.29 is 0 Å². The Hall–Kier alpha value is -3.18. The lowest BCUT2D eigenvalue weighted by molar-refractivity contribution is 0.494. The first kappa shape index (κ1) is 11.3. The normalized spacial score (nSPS) is 10.4. The van der Waals surface area contributed by atoms with E-state index in [1.165, 1.54) is 0 Å². The van der Waals surface area contributed by atoms with Crippen LogP contribution in [0.25, 0.3) is 0 Å². The van der Waals surface area contributed by atoms with E-state index in [0.717, 1.165) is 0 Å². The molecule has 2 rings (SSSR count). The highest BCUT2D eigenvalue weighted by atomic mass is 16.2. The molecule has 2 aromatic heterocycles. The van der Waals surface area contributed by atoms with E-state index in [-0.39, 0.29) is 9.35 Å². The molecule has 0 spiro atoms. The Labute approximate surface area is 93.2 Å². The average molecular weight is 256 g/mol. The molecule has 0 amide bonds. The number of H-pyrrole nitrogens is 4.